The number of carbonyl (C=O) groups is 3. The molecule has 3 unspecified atom stereocenters. The molecule has 0 aromatic heterocycles. The number of piperidine rings is 1. The predicted molar refractivity (Wildman–Crippen MR) is 88.6 cm³/mol. The summed E-state index contributed by atoms with van der Waals surface area (Å²) < 4.78 is 25.9. The Labute approximate surface area is 158 Å². The first-order valence-electron chi connectivity index (χ1n) is 8.66. The summed E-state index contributed by atoms with van der Waals surface area (Å²) in [4.78, 5) is 42.1. The van der Waals surface area contributed by atoms with Crippen molar-refractivity contribution in [2.75, 3.05) is 19.7 Å². The van der Waals surface area contributed by atoms with Crippen molar-refractivity contribution in [1.29, 1.82) is 0 Å². The summed E-state index contributed by atoms with van der Waals surface area (Å²) in [5.74, 6) is -0.665. The highest BCUT2D eigenvalue weighted by molar-refractivity contribution is 7.74. The summed E-state index contributed by atoms with van der Waals surface area (Å²) in [6.45, 7) is 1.09. The fourth-order valence-electron chi connectivity index (χ4n) is 3.82. The van der Waals surface area contributed by atoms with Crippen LogP contribution in [0.25, 0.3) is 0 Å². The smallest absolute Gasteiger partial charge is 0.346 e. The molecule has 0 saturated carbocycles. The molecule has 4 amide bonds. The van der Waals surface area contributed by atoms with E-state index in [-0.39, 0.29) is 31.0 Å². The molecule has 3 heterocycles. The molecule has 152 valence electrons. The molecular formula is C14H22N5O7S-. The van der Waals surface area contributed by atoms with Crippen LogP contribution in [-0.2, 0) is 30.1 Å². The fraction of sp³-hybridized carbons (Fsp3) is 0.786. The zero-order chi connectivity index (χ0) is 19.6. The minimum atomic E-state index is -2.85. The average Bonchev–Trinajstić information content (AvgIpc) is 3.12. The van der Waals surface area contributed by atoms with E-state index in [4.69, 9.17) is 10.6 Å². The molecule has 3 rings (SSSR count). The highest BCUT2D eigenvalue weighted by Gasteiger charge is 2.48. The Kier molecular flexibility index (Phi) is 6.26. The lowest BCUT2D eigenvalue weighted by molar-refractivity contribution is -0.139. The number of hydrogen-bond donors (Lipinski definition) is 3. The van der Waals surface area contributed by atoms with Gasteiger partial charge in [0.05, 0.1) is 12.6 Å². The van der Waals surface area contributed by atoms with Crippen molar-refractivity contribution in [3.63, 3.8) is 0 Å². The lowest BCUT2D eigenvalue weighted by atomic mass is 10.0. The van der Waals surface area contributed by atoms with E-state index in [9.17, 15) is 23.1 Å². The summed E-state index contributed by atoms with van der Waals surface area (Å²) in [5, 5.41) is 3.98. The van der Waals surface area contributed by atoms with Crippen molar-refractivity contribution < 1.29 is 32.3 Å². The Balaban J connectivity index is 1.43. The molecule has 12 nitrogen and oxygen atoms in total. The van der Waals surface area contributed by atoms with Gasteiger partial charge in [-0.1, -0.05) is 0 Å². The van der Waals surface area contributed by atoms with Gasteiger partial charge in [-0.25, -0.2) is 14.5 Å². The Morgan fingerprint density at radius 2 is 2.19 bits per heavy atom. The fourth-order valence-corrected chi connectivity index (χ4v) is 4.14. The third kappa shape index (κ3) is 4.73. The molecule has 27 heavy (non-hydrogen) atoms. The SMILES string of the molecule is NC(=O)C[C@@H]1CN[C@H](CONC(=O)C2CCC3CN2C(=O)N3OS(=O)[O-])C1. The van der Waals surface area contributed by atoms with E-state index in [1.54, 1.807) is 0 Å². The second-order valence-corrected chi connectivity index (χ2v) is 7.50. The third-order valence-corrected chi connectivity index (χ3v) is 5.31. The van der Waals surface area contributed by atoms with E-state index in [0.717, 1.165) is 5.06 Å². The average molecular weight is 404 g/mol. The monoisotopic (exact) mass is 404 g/mol. The van der Waals surface area contributed by atoms with E-state index in [2.05, 4.69) is 15.1 Å². The van der Waals surface area contributed by atoms with Gasteiger partial charge in [0.25, 0.3) is 5.91 Å². The number of urea groups is 1. The molecule has 0 aromatic carbocycles. The Morgan fingerprint density at radius 3 is 2.89 bits per heavy atom. The first-order valence-corrected chi connectivity index (χ1v) is 9.66. The molecular weight excluding hydrogens is 382 g/mol. The van der Waals surface area contributed by atoms with Gasteiger partial charge < -0.3 is 20.5 Å². The zero-order valence-corrected chi connectivity index (χ0v) is 15.3. The number of hydrogen-bond acceptors (Lipinski definition) is 8. The lowest BCUT2D eigenvalue weighted by Gasteiger charge is -2.29. The number of nitrogens with zero attached hydrogens (tertiary/aromatic N) is 2. The standard InChI is InChI=1S/C14H23N5O7S/c15-12(20)4-8-3-9(16-5-8)7-25-17-13(21)11-2-1-10-6-18(11)14(22)19(10)26-27(23)24/h8-11,16H,1-7H2,(H2,15,20)(H,17,21)(H,23,24)/p-1/t8-,9+,10?,11?/m1/s1. The zero-order valence-electron chi connectivity index (χ0n) is 14.5. The molecule has 5 atom stereocenters. The molecule has 3 aliphatic heterocycles. The largest absolute Gasteiger partial charge is 0.748 e. The number of primary amides is 1. The van der Waals surface area contributed by atoms with Gasteiger partial charge in [0.2, 0.25) is 5.91 Å². The minimum absolute atomic E-state index is 0.00488. The molecule has 0 aliphatic carbocycles. The van der Waals surface area contributed by atoms with Crippen molar-refractivity contribution in [3.05, 3.63) is 0 Å². The van der Waals surface area contributed by atoms with Gasteiger partial charge in [0, 0.05) is 19.0 Å². The van der Waals surface area contributed by atoms with Crippen LogP contribution in [0.2, 0.25) is 0 Å². The van der Waals surface area contributed by atoms with Crippen molar-refractivity contribution in [1.82, 2.24) is 20.8 Å². The van der Waals surface area contributed by atoms with Crippen molar-refractivity contribution in [2.24, 2.45) is 11.7 Å². The van der Waals surface area contributed by atoms with Gasteiger partial charge >= 0.3 is 6.03 Å². The van der Waals surface area contributed by atoms with E-state index >= 15 is 0 Å². The number of hydroxylamine groups is 3. The van der Waals surface area contributed by atoms with Crippen LogP contribution in [0.3, 0.4) is 0 Å². The topological polar surface area (TPSA) is 166 Å². The van der Waals surface area contributed by atoms with Crippen LogP contribution in [-0.4, -0.2) is 74.4 Å². The summed E-state index contributed by atoms with van der Waals surface area (Å²) in [6, 6.07) is -1.81. The Bertz CT molecular complexity index is 635. The van der Waals surface area contributed by atoms with Crippen LogP contribution in [0.15, 0.2) is 0 Å². The van der Waals surface area contributed by atoms with Gasteiger partial charge in [-0.15, -0.1) is 0 Å². The number of fused-ring (bicyclic) bond motifs is 2. The number of carbonyl (C=O) groups excluding carboxylic acids is 3. The van der Waals surface area contributed by atoms with Crippen LogP contribution >= 0.6 is 0 Å². The van der Waals surface area contributed by atoms with E-state index in [1.807, 2.05) is 0 Å². The number of nitrogens with two attached hydrogens (primary N) is 1. The highest BCUT2D eigenvalue weighted by Crippen LogP contribution is 2.30. The van der Waals surface area contributed by atoms with Gasteiger partial charge in [-0.3, -0.25) is 14.4 Å². The van der Waals surface area contributed by atoms with Crippen LogP contribution in [0.1, 0.15) is 25.7 Å². The first-order chi connectivity index (χ1) is 12.8. The lowest BCUT2D eigenvalue weighted by Crippen LogP contribution is -2.50. The quantitative estimate of drug-likeness (QED) is 0.305. The summed E-state index contributed by atoms with van der Waals surface area (Å²) in [6.07, 6.45) is 1.84. The molecule has 0 spiro atoms. The van der Waals surface area contributed by atoms with E-state index in [1.165, 1.54) is 4.90 Å². The number of rotatable bonds is 8. The summed E-state index contributed by atoms with van der Waals surface area (Å²) in [7, 11) is 0. The second-order valence-electron chi connectivity index (χ2n) is 6.94. The normalized spacial score (nSPS) is 31.2. The molecule has 0 radical (unpaired) electrons. The second kappa shape index (κ2) is 8.48. The van der Waals surface area contributed by atoms with Crippen LogP contribution in [0, 0.1) is 5.92 Å². The predicted octanol–water partition coefficient (Wildman–Crippen LogP) is -2.12. The molecule has 3 fully saturated rings. The molecule has 3 saturated heterocycles. The minimum Gasteiger partial charge on any atom is -0.748 e. The van der Waals surface area contributed by atoms with Gasteiger partial charge in [0.15, 0.2) is 0 Å². The maximum atomic E-state index is 12.4. The highest BCUT2D eigenvalue weighted by atomic mass is 32.2. The van der Waals surface area contributed by atoms with Crippen molar-refractivity contribution in [2.45, 2.75) is 43.8 Å². The van der Waals surface area contributed by atoms with Crippen molar-refractivity contribution >= 4 is 29.2 Å². The van der Waals surface area contributed by atoms with E-state index in [0.29, 0.717) is 32.2 Å². The maximum Gasteiger partial charge on any atom is 0.346 e. The van der Waals surface area contributed by atoms with Crippen LogP contribution in [0.5, 0.6) is 0 Å². The van der Waals surface area contributed by atoms with Gasteiger partial charge in [0.1, 0.15) is 17.4 Å². The molecule has 2 bridgehead atoms. The molecule has 13 heteroatoms. The Morgan fingerprint density at radius 1 is 1.41 bits per heavy atom. The van der Waals surface area contributed by atoms with Gasteiger partial charge in [-0.05, 0) is 31.7 Å². The summed E-state index contributed by atoms with van der Waals surface area (Å²) in [5.41, 5.74) is 7.53. The molecule has 0 aromatic rings. The maximum absolute atomic E-state index is 12.4. The van der Waals surface area contributed by atoms with Crippen LogP contribution < -0.4 is 16.5 Å². The Hall–Kier alpha value is -1.80. The van der Waals surface area contributed by atoms with Gasteiger partial charge in [-0.2, -0.15) is 9.35 Å². The third-order valence-electron chi connectivity index (χ3n) is 5.03. The van der Waals surface area contributed by atoms with Crippen molar-refractivity contribution in [3.8, 4) is 0 Å². The molecule has 3 aliphatic rings. The summed E-state index contributed by atoms with van der Waals surface area (Å²) >= 11 is -2.85. The van der Waals surface area contributed by atoms with Crippen LogP contribution in [0.4, 0.5) is 4.79 Å². The number of nitrogens with one attached hydrogen (secondary N) is 2. The van der Waals surface area contributed by atoms with E-state index < -0.39 is 35.4 Å². The molecule has 4 N–H and O–H groups in total. The first kappa shape index (κ1) is 19.9. The number of amides is 4.